The van der Waals surface area contributed by atoms with Gasteiger partial charge in [0.15, 0.2) is 0 Å². The molecule has 0 aromatic carbocycles. The van der Waals surface area contributed by atoms with Gasteiger partial charge in [0.05, 0.1) is 16.4 Å². The molecule has 1 aliphatic carbocycles. The monoisotopic (exact) mass is 245 g/mol. The van der Waals surface area contributed by atoms with E-state index in [0.717, 1.165) is 25.1 Å². The molecular formula is C13H15N3O2. The van der Waals surface area contributed by atoms with E-state index in [-0.39, 0.29) is 5.70 Å². The van der Waals surface area contributed by atoms with E-state index >= 15 is 0 Å². The molecule has 5 heteroatoms. The summed E-state index contributed by atoms with van der Waals surface area (Å²) >= 11 is 0. The Labute approximate surface area is 106 Å². The molecule has 0 aromatic rings. The van der Waals surface area contributed by atoms with Crippen LogP contribution in [-0.2, 0) is 0 Å². The predicted molar refractivity (Wildman–Crippen MR) is 66.8 cm³/mol. The van der Waals surface area contributed by atoms with E-state index in [1.165, 1.54) is 12.2 Å². The minimum atomic E-state index is -0.729. The van der Waals surface area contributed by atoms with Crippen LogP contribution in [0.1, 0.15) is 19.3 Å². The first kappa shape index (κ1) is 12.4. The summed E-state index contributed by atoms with van der Waals surface area (Å²) < 4.78 is 0. The zero-order valence-corrected chi connectivity index (χ0v) is 10.3. The molecule has 0 saturated carbocycles. The molecule has 18 heavy (non-hydrogen) atoms. The standard InChI is InChI=1S/C13H15N3O2/c1-15-8-2-3-12(15)9-13(10-14)6-4-11(5-7-13)16(17)18/h4-6,9H,2-3,7-8H2,1H3. The van der Waals surface area contributed by atoms with Crippen molar-refractivity contribution in [2.45, 2.75) is 19.3 Å². The molecule has 1 atom stereocenters. The van der Waals surface area contributed by atoms with Crippen molar-refractivity contribution in [2.75, 3.05) is 13.6 Å². The summed E-state index contributed by atoms with van der Waals surface area (Å²) in [6.45, 7) is 1.01. The lowest BCUT2D eigenvalue weighted by Crippen LogP contribution is -2.19. The molecule has 1 unspecified atom stereocenters. The molecule has 0 spiro atoms. The fourth-order valence-corrected chi connectivity index (χ4v) is 2.31. The molecule has 2 rings (SSSR count). The predicted octanol–water partition coefficient (Wildman–Crippen LogP) is 2.23. The fraction of sp³-hybridized carbons (Fsp3) is 0.462. The third kappa shape index (κ3) is 2.28. The van der Waals surface area contributed by atoms with Crippen LogP contribution in [0.4, 0.5) is 0 Å². The normalized spacial score (nSPS) is 29.2. The highest BCUT2D eigenvalue weighted by Gasteiger charge is 2.30. The molecular weight excluding hydrogens is 230 g/mol. The molecule has 1 heterocycles. The highest BCUT2D eigenvalue weighted by molar-refractivity contribution is 5.34. The van der Waals surface area contributed by atoms with Gasteiger partial charge in [-0.25, -0.2) is 0 Å². The first-order chi connectivity index (χ1) is 8.56. The molecule has 94 valence electrons. The van der Waals surface area contributed by atoms with Crippen LogP contribution in [-0.4, -0.2) is 23.4 Å². The van der Waals surface area contributed by atoms with Crippen molar-refractivity contribution in [2.24, 2.45) is 5.41 Å². The van der Waals surface area contributed by atoms with E-state index in [9.17, 15) is 15.4 Å². The highest BCUT2D eigenvalue weighted by Crippen LogP contribution is 2.34. The summed E-state index contributed by atoms with van der Waals surface area (Å²) in [4.78, 5) is 12.3. The van der Waals surface area contributed by atoms with Crippen molar-refractivity contribution in [1.29, 1.82) is 5.26 Å². The lowest BCUT2D eigenvalue weighted by atomic mass is 9.81. The van der Waals surface area contributed by atoms with Crippen LogP contribution >= 0.6 is 0 Å². The second kappa shape index (κ2) is 4.65. The zero-order valence-electron chi connectivity index (χ0n) is 10.3. The fourth-order valence-electron chi connectivity index (χ4n) is 2.31. The zero-order chi connectivity index (χ0) is 13.2. The third-order valence-electron chi connectivity index (χ3n) is 3.46. The molecule has 0 aromatic heterocycles. The average molecular weight is 245 g/mol. The summed E-state index contributed by atoms with van der Waals surface area (Å²) in [5, 5.41) is 20.0. The van der Waals surface area contributed by atoms with E-state index in [1.807, 2.05) is 13.1 Å². The van der Waals surface area contributed by atoms with Gasteiger partial charge in [-0.05, 0) is 31.4 Å². The van der Waals surface area contributed by atoms with Crippen molar-refractivity contribution in [1.82, 2.24) is 4.90 Å². The van der Waals surface area contributed by atoms with Crippen LogP contribution in [0.15, 0.2) is 35.7 Å². The van der Waals surface area contributed by atoms with Gasteiger partial charge in [0, 0.05) is 25.4 Å². The summed E-state index contributed by atoms with van der Waals surface area (Å²) in [6, 6.07) is 2.27. The number of likely N-dealkylation sites (tertiary alicyclic amines) is 1. The Morgan fingerprint density at radius 2 is 2.44 bits per heavy atom. The van der Waals surface area contributed by atoms with Gasteiger partial charge in [-0.15, -0.1) is 0 Å². The minimum Gasteiger partial charge on any atom is -0.378 e. The summed E-state index contributed by atoms with van der Waals surface area (Å²) in [5.41, 5.74) is 0.492. The Morgan fingerprint density at radius 1 is 1.67 bits per heavy atom. The first-order valence-corrected chi connectivity index (χ1v) is 5.94. The molecule has 0 N–H and O–H groups in total. The molecule has 2 aliphatic rings. The lowest BCUT2D eigenvalue weighted by molar-refractivity contribution is -0.419. The van der Waals surface area contributed by atoms with Crippen LogP contribution in [0.2, 0.25) is 0 Å². The summed E-state index contributed by atoms with van der Waals surface area (Å²) in [6.07, 6.45) is 8.98. The number of nitrogens with zero attached hydrogens (tertiary/aromatic N) is 3. The van der Waals surface area contributed by atoms with Crippen molar-refractivity contribution in [3.8, 4) is 6.07 Å². The molecule has 5 nitrogen and oxygen atoms in total. The summed E-state index contributed by atoms with van der Waals surface area (Å²) in [5.74, 6) is 0. The number of rotatable bonds is 2. The number of nitriles is 1. The molecule has 1 fully saturated rings. The van der Waals surface area contributed by atoms with Gasteiger partial charge in [-0.1, -0.05) is 6.08 Å². The maximum atomic E-state index is 10.6. The van der Waals surface area contributed by atoms with E-state index in [1.54, 1.807) is 6.08 Å². The summed E-state index contributed by atoms with van der Waals surface area (Å²) in [7, 11) is 2.01. The topological polar surface area (TPSA) is 70.2 Å². The Bertz CT molecular complexity index is 499. The molecule has 0 bridgehead atoms. The van der Waals surface area contributed by atoms with Gasteiger partial charge in [-0.3, -0.25) is 10.1 Å². The number of hydrogen-bond donors (Lipinski definition) is 0. The van der Waals surface area contributed by atoms with Crippen molar-refractivity contribution < 1.29 is 4.92 Å². The van der Waals surface area contributed by atoms with E-state index in [4.69, 9.17) is 0 Å². The Morgan fingerprint density at radius 3 is 2.89 bits per heavy atom. The van der Waals surface area contributed by atoms with Crippen LogP contribution in [0.25, 0.3) is 0 Å². The second-order valence-corrected chi connectivity index (χ2v) is 4.74. The lowest BCUT2D eigenvalue weighted by Gasteiger charge is -2.22. The van der Waals surface area contributed by atoms with Gasteiger partial charge >= 0.3 is 0 Å². The third-order valence-corrected chi connectivity index (χ3v) is 3.46. The Balaban J connectivity index is 2.24. The molecule has 0 radical (unpaired) electrons. The molecule has 0 amide bonds. The average Bonchev–Trinajstić information content (AvgIpc) is 2.75. The Kier molecular flexibility index (Phi) is 3.19. The maximum absolute atomic E-state index is 10.6. The van der Waals surface area contributed by atoms with Crippen molar-refractivity contribution >= 4 is 0 Å². The minimum absolute atomic E-state index is 0.0686. The first-order valence-electron chi connectivity index (χ1n) is 5.94. The van der Waals surface area contributed by atoms with Crippen molar-refractivity contribution in [3.63, 3.8) is 0 Å². The van der Waals surface area contributed by atoms with Gasteiger partial charge in [-0.2, -0.15) is 5.26 Å². The van der Waals surface area contributed by atoms with Crippen LogP contribution < -0.4 is 0 Å². The smallest absolute Gasteiger partial charge is 0.265 e. The SMILES string of the molecule is CN1CCCC1=CC1(C#N)C=CC([N+](=O)[O-])=CC1. The Hall–Kier alpha value is -2.09. The van der Waals surface area contributed by atoms with Gasteiger partial charge in [0.1, 0.15) is 0 Å². The number of hydrogen-bond acceptors (Lipinski definition) is 4. The maximum Gasteiger partial charge on any atom is 0.265 e. The van der Waals surface area contributed by atoms with Gasteiger partial charge in [0.2, 0.25) is 0 Å². The van der Waals surface area contributed by atoms with Gasteiger partial charge < -0.3 is 4.90 Å². The van der Waals surface area contributed by atoms with Gasteiger partial charge in [0.25, 0.3) is 5.70 Å². The molecule has 1 saturated heterocycles. The van der Waals surface area contributed by atoms with Crippen LogP contribution in [0.5, 0.6) is 0 Å². The van der Waals surface area contributed by atoms with E-state index < -0.39 is 10.3 Å². The quantitative estimate of drug-likeness (QED) is 0.552. The number of nitro groups is 1. The van der Waals surface area contributed by atoms with Crippen molar-refractivity contribution in [3.05, 3.63) is 45.8 Å². The number of allylic oxidation sites excluding steroid dienone is 5. The largest absolute Gasteiger partial charge is 0.378 e. The second-order valence-electron chi connectivity index (χ2n) is 4.74. The van der Waals surface area contributed by atoms with E-state index in [2.05, 4.69) is 11.0 Å². The molecule has 1 aliphatic heterocycles. The van der Waals surface area contributed by atoms with E-state index in [0.29, 0.717) is 6.42 Å². The highest BCUT2D eigenvalue weighted by atomic mass is 16.6. The van der Waals surface area contributed by atoms with Crippen LogP contribution in [0.3, 0.4) is 0 Å². The van der Waals surface area contributed by atoms with Crippen LogP contribution in [0, 0.1) is 26.9 Å².